The number of hydrogen-bond donors (Lipinski definition) is 1. The first-order valence-corrected chi connectivity index (χ1v) is 7.08. The minimum Gasteiger partial charge on any atom is -0.355 e. The van der Waals surface area contributed by atoms with E-state index in [2.05, 4.69) is 10.4 Å². The molecule has 0 unspecified atom stereocenters. The molecular formula is C13H23N5O3. The van der Waals surface area contributed by atoms with Crippen LogP contribution in [0.4, 0.5) is 11.5 Å². The van der Waals surface area contributed by atoms with Crippen LogP contribution >= 0.6 is 0 Å². The number of aryl methyl sites for hydroxylation is 1. The monoisotopic (exact) mass is 297 g/mol. The first kappa shape index (κ1) is 16.9. The highest BCUT2D eigenvalue weighted by Crippen LogP contribution is 2.30. The first-order chi connectivity index (χ1) is 9.83. The molecule has 0 saturated carbocycles. The fraction of sp³-hybridized carbons (Fsp3) is 0.692. The second kappa shape index (κ2) is 7.05. The summed E-state index contributed by atoms with van der Waals surface area (Å²) >= 11 is 0. The molecule has 0 fully saturated rings. The molecule has 1 rings (SSSR count). The van der Waals surface area contributed by atoms with E-state index in [0.717, 1.165) is 0 Å². The zero-order chi connectivity index (χ0) is 16.2. The third kappa shape index (κ3) is 3.71. The molecule has 0 aliphatic heterocycles. The number of nitrogens with zero attached hydrogens (tertiary/aromatic N) is 4. The molecule has 0 saturated heterocycles. The van der Waals surface area contributed by atoms with Crippen molar-refractivity contribution in [2.75, 3.05) is 25.0 Å². The Hall–Kier alpha value is -2.12. The van der Waals surface area contributed by atoms with Crippen molar-refractivity contribution in [2.45, 2.75) is 40.7 Å². The lowest BCUT2D eigenvalue weighted by atomic mass is 10.3. The lowest BCUT2D eigenvalue weighted by molar-refractivity contribution is -0.384. The number of aromatic nitrogens is 2. The van der Waals surface area contributed by atoms with E-state index in [1.807, 2.05) is 27.7 Å². The van der Waals surface area contributed by atoms with Crippen LogP contribution in [-0.4, -0.2) is 45.1 Å². The maximum Gasteiger partial charge on any atom is 0.333 e. The lowest BCUT2D eigenvalue weighted by Crippen LogP contribution is -2.35. The second-order valence-electron chi connectivity index (χ2n) is 5.00. The normalized spacial score (nSPS) is 10.8. The molecule has 1 amide bonds. The van der Waals surface area contributed by atoms with Crippen molar-refractivity contribution < 1.29 is 9.72 Å². The Bertz CT molecular complexity index is 520. The van der Waals surface area contributed by atoms with E-state index < -0.39 is 4.92 Å². The number of nitro groups is 1. The number of anilines is 1. The summed E-state index contributed by atoms with van der Waals surface area (Å²) in [5.41, 5.74) is 0.266. The fourth-order valence-corrected chi connectivity index (χ4v) is 2.14. The number of carbonyl (C=O) groups is 1. The number of rotatable bonds is 7. The Morgan fingerprint density at radius 2 is 2.00 bits per heavy atom. The number of amides is 1. The summed E-state index contributed by atoms with van der Waals surface area (Å²) in [6, 6.07) is -0.0385. The van der Waals surface area contributed by atoms with Gasteiger partial charge in [0, 0.05) is 19.1 Å². The zero-order valence-corrected chi connectivity index (χ0v) is 13.2. The maximum absolute atomic E-state index is 12.0. The van der Waals surface area contributed by atoms with Crippen LogP contribution in [0.5, 0.6) is 0 Å². The molecule has 1 N–H and O–H groups in total. The van der Waals surface area contributed by atoms with Gasteiger partial charge in [-0.15, -0.1) is 0 Å². The van der Waals surface area contributed by atoms with Gasteiger partial charge in [-0.1, -0.05) is 0 Å². The van der Waals surface area contributed by atoms with E-state index >= 15 is 0 Å². The number of hydrogen-bond acceptors (Lipinski definition) is 5. The summed E-state index contributed by atoms with van der Waals surface area (Å²) in [5.74, 6) is 0.191. The third-order valence-corrected chi connectivity index (χ3v) is 3.25. The van der Waals surface area contributed by atoms with Crippen LogP contribution in [0.15, 0.2) is 0 Å². The van der Waals surface area contributed by atoms with Gasteiger partial charge in [-0.05, 0) is 34.6 Å². The van der Waals surface area contributed by atoms with Gasteiger partial charge in [-0.25, -0.2) is 4.68 Å². The van der Waals surface area contributed by atoms with Gasteiger partial charge in [0.15, 0.2) is 0 Å². The van der Waals surface area contributed by atoms with Crippen molar-refractivity contribution in [3.8, 4) is 0 Å². The van der Waals surface area contributed by atoms with Crippen LogP contribution in [-0.2, 0) is 4.79 Å². The van der Waals surface area contributed by atoms with Crippen LogP contribution in [0.1, 0.15) is 39.4 Å². The van der Waals surface area contributed by atoms with E-state index in [9.17, 15) is 14.9 Å². The SMILES string of the molecule is CCN(CC)C(=O)CNc1c([N+](=O)[O-])c(C)nn1C(C)C. The van der Waals surface area contributed by atoms with Crippen LogP contribution in [0.25, 0.3) is 0 Å². The second-order valence-corrected chi connectivity index (χ2v) is 5.00. The zero-order valence-electron chi connectivity index (χ0n) is 13.2. The minimum absolute atomic E-state index is 0.0143. The molecule has 1 heterocycles. The standard InChI is InChI=1S/C13H23N5O3/c1-6-16(7-2)11(19)8-14-13-12(18(20)21)10(5)15-17(13)9(3)4/h9,14H,6-8H2,1-5H3. The number of nitrogens with one attached hydrogen (secondary N) is 1. The largest absolute Gasteiger partial charge is 0.355 e. The van der Waals surface area contributed by atoms with Gasteiger partial charge in [0.1, 0.15) is 5.69 Å². The molecule has 0 aliphatic carbocycles. The maximum atomic E-state index is 12.0. The average Bonchev–Trinajstić information content (AvgIpc) is 2.74. The highest BCUT2D eigenvalue weighted by Gasteiger charge is 2.27. The topological polar surface area (TPSA) is 93.3 Å². The van der Waals surface area contributed by atoms with Crippen molar-refractivity contribution in [2.24, 2.45) is 0 Å². The van der Waals surface area contributed by atoms with Gasteiger partial charge in [0.25, 0.3) is 0 Å². The van der Waals surface area contributed by atoms with Gasteiger partial charge in [0.2, 0.25) is 11.7 Å². The minimum atomic E-state index is -0.467. The molecule has 0 spiro atoms. The highest BCUT2D eigenvalue weighted by molar-refractivity contribution is 5.81. The van der Waals surface area contributed by atoms with Crippen molar-refractivity contribution in [3.05, 3.63) is 15.8 Å². The molecule has 0 bridgehead atoms. The molecule has 118 valence electrons. The van der Waals surface area contributed by atoms with Crippen molar-refractivity contribution in [1.82, 2.24) is 14.7 Å². The lowest BCUT2D eigenvalue weighted by Gasteiger charge is -2.19. The quantitative estimate of drug-likeness (QED) is 0.613. The van der Waals surface area contributed by atoms with Gasteiger partial charge in [-0.2, -0.15) is 5.10 Å². The highest BCUT2D eigenvalue weighted by atomic mass is 16.6. The Morgan fingerprint density at radius 1 is 1.43 bits per heavy atom. The van der Waals surface area contributed by atoms with Gasteiger partial charge in [0.05, 0.1) is 11.5 Å². The summed E-state index contributed by atoms with van der Waals surface area (Å²) < 4.78 is 1.54. The molecule has 0 radical (unpaired) electrons. The fourth-order valence-electron chi connectivity index (χ4n) is 2.14. The summed E-state index contributed by atoms with van der Waals surface area (Å²) in [6.07, 6.45) is 0. The molecule has 1 aromatic rings. The van der Waals surface area contributed by atoms with Gasteiger partial charge >= 0.3 is 5.69 Å². The van der Waals surface area contributed by atoms with Crippen LogP contribution in [0.3, 0.4) is 0 Å². The molecule has 8 heteroatoms. The van der Waals surface area contributed by atoms with Gasteiger partial charge < -0.3 is 10.2 Å². The first-order valence-electron chi connectivity index (χ1n) is 7.08. The van der Waals surface area contributed by atoms with Gasteiger partial charge in [-0.3, -0.25) is 14.9 Å². The van der Waals surface area contributed by atoms with Crippen LogP contribution in [0, 0.1) is 17.0 Å². The molecule has 0 aliphatic rings. The van der Waals surface area contributed by atoms with E-state index in [-0.39, 0.29) is 30.0 Å². The molecule has 0 aromatic carbocycles. The predicted molar refractivity (Wildman–Crippen MR) is 80.4 cm³/mol. The van der Waals surface area contributed by atoms with E-state index in [1.165, 1.54) is 0 Å². The molecule has 21 heavy (non-hydrogen) atoms. The van der Waals surface area contributed by atoms with Crippen LogP contribution < -0.4 is 5.32 Å². The molecular weight excluding hydrogens is 274 g/mol. The van der Waals surface area contributed by atoms with Crippen LogP contribution in [0.2, 0.25) is 0 Å². The Morgan fingerprint density at radius 3 is 2.43 bits per heavy atom. The summed E-state index contributed by atoms with van der Waals surface area (Å²) in [7, 11) is 0. The predicted octanol–water partition coefficient (Wildman–Crippen LogP) is 1.96. The van der Waals surface area contributed by atoms with Crippen molar-refractivity contribution >= 4 is 17.4 Å². The number of likely N-dealkylation sites (N-methyl/N-ethyl adjacent to an activating group) is 1. The smallest absolute Gasteiger partial charge is 0.333 e. The Kier molecular flexibility index (Phi) is 5.69. The summed E-state index contributed by atoms with van der Waals surface area (Å²) in [6.45, 7) is 10.4. The summed E-state index contributed by atoms with van der Waals surface area (Å²) in [5, 5.41) is 18.3. The Labute approximate surface area is 124 Å². The molecule has 1 aromatic heterocycles. The Balaban J connectivity index is 3.01. The van der Waals surface area contributed by atoms with E-state index in [1.54, 1.807) is 16.5 Å². The molecule has 8 nitrogen and oxygen atoms in total. The third-order valence-electron chi connectivity index (χ3n) is 3.25. The van der Waals surface area contributed by atoms with E-state index in [4.69, 9.17) is 0 Å². The number of carbonyl (C=O) groups excluding carboxylic acids is 1. The summed E-state index contributed by atoms with van der Waals surface area (Å²) in [4.78, 5) is 24.4. The average molecular weight is 297 g/mol. The van der Waals surface area contributed by atoms with Crippen molar-refractivity contribution in [3.63, 3.8) is 0 Å². The van der Waals surface area contributed by atoms with E-state index in [0.29, 0.717) is 18.8 Å². The van der Waals surface area contributed by atoms with Crippen molar-refractivity contribution in [1.29, 1.82) is 0 Å². The molecule has 0 atom stereocenters.